The molecule has 0 unspecified atom stereocenters. The van der Waals surface area contributed by atoms with Crippen LogP contribution in [-0.4, -0.2) is 65.5 Å². The van der Waals surface area contributed by atoms with E-state index >= 15 is 14.4 Å². The number of phenolic OH excluding ortho intramolecular Hbond substituents is 1. The maximum Gasteiger partial charge on any atom is 0.329 e. The third-order valence-corrected chi connectivity index (χ3v) is 13.7. The van der Waals surface area contributed by atoms with Crippen LogP contribution < -0.4 is 19.7 Å². The summed E-state index contributed by atoms with van der Waals surface area (Å²) < 4.78 is 17.9. The largest absolute Gasteiger partial charge is 0.508 e. The van der Waals surface area contributed by atoms with Gasteiger partial charge in [-0.3, -0.25) is 19.3 Å². The Balaban J connectivity index is 1.21. The molecule has 65 heavy (non-hydrogen) atoms. The van der Waals surface area contributed by atoms with Crippen LogP contribution in [0.1, 0.15) is 70.1 Å². The number of urea groups is 1. The first-order valence-corrected chi connectivity index (χ1v) is 21.8. The Morgan fingerprint density at radius 2 is 1.34 bits per heavy atom. The molecule has 12 nitrogen and oxygen atoms in total. The quantitative estimate of drug-likeness (QED) is 0.145. The minimum absolute atomic E-state index is 0.00195. The first-order chi connectivity index (χ1) is 31.6. The van der Waals surface area contributed by atoms with Gasteiger partial charge in [-0.25, -0.2) is 9.69 Å². The van der Waals surface area contributed by atoms with Crippen LogP contribution in [0.4, 0.5) is 10.5 Å². The first kappa shape index (κ1) is 41.6. The predicted octanol–water partition coefficient (Wildman–Crippen LogP) is 8.13. The van der Waals surface area contributed by atoms with Crippen molar-refractivity contribution in [3.05, 3.63) is 191 Å². The fourth-order valence-corrected chi connectivity index (χ4v) is 10.8. The number of hydrogen-bond acceptors (Lipinski definition) is 9. The molecule has 0 aliphatic carbocycles. The summed E-state index contributed by atoms with van der Waals surface area (Å²) >= 11 is 0. The summed E-state index contributed by atoms with van der Waals surface area (Å²) in [6, 6.07) is 41.7. The van der Waals surface area contributed by atoms with Crippen LogP contribution in [-0.2, 0) is 37.5 Å². The molecule has 1 spiro atoms. The lowest BCUT2D eigenvalue weighted by Gasteiger charge is -2.46. The third-order valence-electron chi connectivity index (χ3n) is 13.7. The molecule has 12 heteroatoms. The first-order valence-electron chi connectivity index (χ1n) is 21.8. The van der Waals surface area contributed by atoms with E-state index in [0.29, 0.717) is 34.7 Å². The van der Waals surface area contributed by atoms with E-state index in [4.69, 9.17) is 14.2 Å². The Morgan fingerprint density at radius 1 is 0.738 bits per heavy atom. The number of carbonyl (C=O) groups excluding carboxylic acids is 4. The van der Waals surface area contributed by atoms with E-state index in [1.165, 1.54) is 0 Å². The summed E-state index contributed by atoms with van der Waals surface area (Å²) in [5.74, 6) is -2.08. The van der Waals surface area contributed by atoms with Crippen molar-refractivity contribution in [2.24, 2.45) is 5.92 Å². The molecule has 2 fully saturated rings. The second-order valence-corrected chi connectivity index (χ2v) is 17.1. The number of nitrogens with one attached hydrogen (secondary N) is 1. The van der Waals surface area contributed by atoms with Gasteiger partial charge in [0, 0.05) is 13.1 Å². The number of morpholine rings is 1. The predicted molar refractivity (Wildman–Crippen MR) is 242 cm³/mol. The molecule has 4 aliphatic heterocycles. The molecule has 10 rings (SSSR count). The van der Waals surface area contributed by atoms with Crippen LogP contribution in [0, 0.1) is 5.92 Å². The molecule has 7 atom stereocenters. The third kappa shape index (κ3) is 6.70. The second kappa shape index (κ2) is 16.6. The lowest BCUT2D eigenvalue weighted by Crippen LogP contribution is -2.57. The monoisotopic (exact) mass is 868 g/mol. The highest BCUT2D eigenvalue weighted by molar-refractivity contribution is 6.24. The number of amides is 4. The molecule has 4 heterocycles. The van der Waals surface area contributed by atoms with Crippen molar-refractivity contribution >= 4 is 29.5 Å². The van der Waals surface area contributed by atoms with Crippen molar-refractivity contribution in [2.75, 3.05) is 25.7 Å². The standard InChI is InChI=1S/C53H48N4O8/c1-32(33-15-7-4-8-16-33)54-52(62)56-41-22-14-13-21-40(41)53(51(56)61)44(49(59)55-28-27-37-29-42(63-2)43(64-3)30-38(37)31-55)46-50(60)65-47(35-19-11-6-12-20-35)45(34-17-9-5-10-18-34)57(46)48(53)36-23-25-39(58)26-24-36/h4-26,29-30,32,44-48,58H,27-28,31H2,1-3H3,(H,54,62)/t32-,44-,45-,46-,47+,48+,53-/m1/s1. The maximum atomic E-state index is 16.4. The van der Waals surface area contributed by atoms with E-state index in [0.717, 1.165) is 32.7 Å². The summed E-state index contributed by atoms with van der Waals surface area (Å²) in [5, 5.41) is 13.8. The fraction of sp³-hybridized carbons (Fsp3) is 0.245. The number of carbonyl (C=O) groups is 4. The molecule has 0 radical (unpaired) electrons. The number of rotatable bonds is 8. The van der Waals surface area contributed by atoms with Crippen LogP contribution in [0.25, 0.3) is 0 Å². The zero-order valence-corrected chi connectivity index (χ0v) is 36.2. The number of imide groups is 1. The normalized spacial score (nSPS) is 23.8. The summed E-state index contributed by atoms with van der Waals surface area (Å²) in [7, 11) is 3.14. The van der Waals surface area contributed by atoms with Crippen LogP contribution >= 0.6 is 0 Å². The molecule has 0 aromatic heterocycles. The number of ether oxygens (including phenoxy) is 3. The molecule has 4 aliphatic rings. The van der Waals surface area contributed by atoms with Crippen molar-refractivity contribution in [1.82, 2.24) is 15.1 Å². The van der Waals surface area contributed by atoms with Gasteiger partial charge in [0.25, 0.3) is 0 Å². The van der Waals surface area contributed by atoms with Gasteiger partial charge in [0.05, 0.1) is 44.0 Å². The van der Waals surface area contributed by atoms with Crippen molar-refractivity contribution in [3.63, 3.8) is 0 Å². The molecule has 2 N–H and O–H groups in total. The lowest BCUT2D eigenvalue weighted by atomic mass is 9.65. The van der Waals surface area contributed by atoms with Gasteiger partial charge < -0.3 is 29.5 Å². The van der Waals surface area contributed by atoms with Gasteiger partial charge in [0.1, 0.15) is 23.3 Å². The van der Waals surface area contributed by atoms with Crippen LogP contribution in [0.5, 0.6) is 17.2 Å². The van der Waals surface area contributed by atoms with Crippen molar-refractivity contribution in [2.45, 2.75) is 55.6 Å². The number of para-hydroxylation sites is 1. The Bertz CT molecular complexity index is 2790. The summed E-state index contributed by atoms with van der Waals surface area (Å²) in [4.78, 5) is 67.8. The highest BCUT2D eigenvalue weighted by atomic mass is 16.6. The molecular weight excluding hydrogens is 821 g/mol. The van der Waals surface area contributed by atoms with Gasteiger partial charge in [0.2, 0.25) is 11.8 Å². The molecule has 328 valence electrons. The average molecular weight is 869 g/mol. The number of anilines is 1. The van der Waals surface area contributed by atoms with E-state index in [1.807, 2.05) is 115 Å². The number of methoxy groups -OCH3 is 2. The highest BCUT2D eigenvalue weighted by Gasteiger charge is 2.76. The van der Waals surface area contributed by atoms with Crippen molar-refractivity contribution in [3.8, 4) is 17.2 Å². The number of aromatic hydroxyl groups is 1. The fourth-order valence-electron chi connectivity index (χ4n) is 10.8. The Kier molecular flexibility index (Phi) is 10.6. The number of nitrogens with zero attached hydrogens (tertiary/aromatic N) is 3. The van der Waals surface area contributed by atoms with E-state index in [1.54, 1.807) is 67.7 Å². The van der Waals surface area contributed by atoms with E-state index in [2.05, 4.69) is 5.32 Å². The summed E-state index contributed by atoms with van der Waals surface area (Å²) in [6.07, 6.45) is -0.393. The van der Waals surface area contributed by atoms with Gasteiger partial charge in [-0.05, 0) is 82.6 Å². The number of fused-ring (bicyclic) bond motifs is 4. The molecule has 6 aromatic carbocycles. The van der Waals surface area contributed by atoms with Crippen LogP contribution in [0.2, 0.25) is 0 Å². The van der Waals surface area contributed by atoms with E-state index in [-0.39, 0.29) is 18.8 Å². The zero-order chi connectivity index (χ0) is 45.0. The number of phenols is 1. The molecule has 0 bridgehead atoms. The van der Waals surface area contributed by atoms with Gasteiger partial charge in [-0.15, -0.1) is 0 Å². The smallest absolute Gasteiger partial charge is 0.329 e. The molecule has 2 saturated heterocycles. The lowest BCUT2D eigenvalue weighted by molar-refractivity contribution is -0.179. The number of esters is 1. The maximum absolute atomic E-state index is 16.4. The SMILES string of the molecule is COc1cc2c(cc1OC)CN(C(=O)[C@H]1[C@@H]3C(=O)O[C@@H](c4ccccc4)[C@@H](c4ccccc4)N3[C@@H](c3ccc(O)cc3)[C@]13C(=O)N(C(=O)N[C@H](C)c1ccccc1)c1ccccc13)CC2. The van der Waals surface area contributed by atoms with Crippen LogP contribution in [0.3, 0.4) is 0 Å². The van der Waals surface area contributed by atoms with Gasteiger partial charge >= 0.3 is 12.0 Å². The molecular formula is C53H48N4O8. The molecule has 6 aromatic rings. The average Bonchev–Trinajstić information content (AvgIpc) is 3.80. The Hall–Kier alpha value is -7.44. The van der Waals surface area contributed by atoms with E-state index < -0.39 is 65.4 Å². The minimum atomic E-state index is -1.89. The van der Waals surface area contributed by atoms with Crippen molar-refractivity contribution in [1.29, 1.82) is 0 Å². The topological polar surface area (TPSA) is 138 Å². The Morgan fingerprint density at radius 3 is 2.00 bits per heavy atom. The number of hydrogen-bond donors (Lipinski definition) is 2. The minimum Gasteiger partial charge on any atom is -0.508 e. The van der Waals surface area contributed by atoms with Gasteiger partial charge in [0.15, 0.2) is 11.5 Å². The van der Waals surface area contributed by atoms with Crippen molar-refractivity contribution < 1.29 is 38.5 Å². The molecule has 4 amide bonds. The van der Waals surface area contributed by atoms with Crippen LogP contribution in [0.15, 0.2) is 152 Å². The summed E-state index contributed by atoms with van der Waals surface area (Å²) in [6.45, 7) is 2.29. The molecule has 0 saturated carbocycles. The number of benzene rings is 6. The second-order valence-electron chi connectivity index (χ2n) is 17.1. The van der Waals surface area contributed by atoms with E-state index in [9.17, 15) is 9.90 Å². The number of cyclic esters (lactones) is 1. The van der Waals surface area contributed by atoms with Gasteiger partial charge in [-0.2, -0.15) is 0 Å². The van der Waals surface area contributed by atoms with Gasteiger partial charge in [-0.1, -0.05) is 121 Å². The zero-order valence-electron chi connectivity index (χ0n) is 36.2. The Labute approximate surface area is 377 Å². The summed E-state index contributed by atoms with van der Waals surface area (Å²) in [5.41, 5.74) is 3.60. The highest BCUT2D eigenvalue weighted by Crippen LogP contribution is 2.66.